The Hall–Kier alpha value is -0.850. The molecule has 0 spiro atoms. The molecule has 2 rings (SSSR count). The zero-order valence-electron chi connectivity index (χ0n) is 10.4. The van der Waals surface area contributed by atoms with Gasteiger partial charge in [0.1, 0.15) is 0 Å². The van der Waals surface area contributed by atoms with E-state index in [0.717, 1.165) is 30.8 Å². The lowest BCUT2D eigenvalue weighted by Gasteiger charge is -2.10. The highest BCUT2D eigenvalue weighted by molar-refractivity contribution is 9.13. The molecular formula is C13H12Br2N2OS. The minimum atomic E-state index is -0.122. The fraction of sp³-hybridized carbons (Fsp3) is 0.154. The predicted octanol–water partition coefficient (Wildman–Crippen LogP) is 4.72. The maximum Gasteiger partial charge on any atom is 0.265 e. The average Bonchev–Trinajstić information content (AvgIpc) is 2.67. The molecule has 0 aliphatic heterocycles. The second kappa shape index (κ2) is 5.64. The number of hydrogen-bond acceptors (Lipinski definition) is 3. The summed E-state index contributed by atoms with van der Waals surface area (Å²) in [5.74, 6) is -0.122. The number of nitrogens with two attached hydrogens (primary N) is 1. The van der Waals surface area contributed by atoms with Crippen molar-refractivity contribution in [2.45, 2.75) is 13.8 Å². The molecule has 1 aromatic heterocycles. The zero-order chi connectivity index (χ0) is 14.2. The van der Waals surface area contributed by atoms with E-state index in [-0.39, 0.29) is 5.91 Å². The minimum absolute atomic E-state index is 0.122. The highest BCUT2D eigenvalue weighted by Crippen LogP contribution is 2.33. The smallest absolute Gasteiger partial charge is 0.265 e. The molecular weight excluding hydrogens is 392 g/mol. The first kappa shape index (κ1) is 14.6. The molecule has 2 aromatic rings. The number of benzene rings is 1. The molecule has 0 radical (unpaired) electrons. The second-order valence-electron chi connectivity index (χ2n) is 4.21. The first-order chi connectivity index (χ1) is 8.88. The van der Waals surface area contributed by atoms with Gasteiger partial charge in [-0.1, -0.05) is 0 Å². The van der Waals surface area contributed by atoms with E-state index in [1.807, 2.05) is 26.0 Å². The van der Waals surface area contributed by atoms with E-state index in [1.165, 1.54) is 11.3 Å². The molecule has 3 nitrogen and oxygen atoms in total. The Morgan fingerprint density at radius 3 is 2.47 bits per heavy atom. The van der Waals surface area contributed by atoms with Gasteiger partial charge in [0.2, 0.25) is 0 Å². The third-order valence-corrected chi connectivity index (χ3v) is 5.99. The van der Waals surface area contributed by atoms with Gasteiger partial charge in [0.15, 0.2) is 0 Å². The molecule has 19 heavy (non-hydrogen) atoms. The van der Waals surface area contributed by atoms with Crippen LogP contribution in [0, 0.1) is 13.8 Å². The van der Waals surface area contributed by atoms with E-state index in [0.29, 0.717) is 4.88 Å². The van der Waals surface area contributed by atoms with Crippen LogP contribution in [0.25, 0.3) is 0 Å². The number of amides is 1. The van der Waals surface area contributed by atoms with Crippen LogP contribution in [0.1, 0.15) is 20.8 Å². The fourth-order valence-corrected chi connectivity index (χ4v) is 3.55. The molecule has 0 atom stereocenters. The summed E-state index contributed by atoms with van der Waals surface area (Å²) in [5, 5.41) is 2.91. The third kappa shape index (κ3) is 3.19. The molecule has 0 unspecified atom stereocenters. The van der Waals surface area contributed by atoms with Gasteiger partial charge in [-0.05, 0) is 75.0 Å². The summed E-state index contributed by atoms with van der Waals surface area (Å²) in [6.07, 6.45) is 0. The number of carbonyl (C=O) groups is 1. The summed E-state index contributed by atoms with van der Waals surface area (Å²) in [6, 6.07) is 5.55. The fourth-order valence-electron chi connectivity index (χ4n) is 1.62. The van der Waals surface area contributed by atoms with E-state index >= 15 is 0 Å². The molecule has 100 valence electrons. The molecule has 1 amide bonds. The van der Waals surface area contributed by atoms with Crippen LogP contribution in [0.15, 0.2) is 26.5 Å². The zero-order valence-corrected chi connectivity index (χ0v) is 14.4. The first-order valence-corrected chi connectivity index (χ1v) is 7.91. The van der Waals surface area contributed by atoms with Crippen molar-refractivity contribution in [2.75, 3.05) is 11.1 Å². The number of thiophene rings is 1. The van der Waals surface area contributed by atoms with Gasteiger partial charge in [-0.3, -0.25) is 4.79 Å². The van der Waals surface area contributed by atoms with Crippen molar-refractivity contribution in [1.82, 2.24) is 0 Å². The molecule has 0 saturated heterocycles. The van der Waals surface area contributed by atoms with Crippen LogP contribution in [0.5, 0.6) is 0 Å². The maximum atomic E-state index is 12.2. The number of nitrogens with one attached hydrogen (secondary N) is 1. The highest BCUT2D eigenvalue weighted by atomic mass is 79.9. The Kier molecular flexibility index (Phi) is 4.32. The van der Waals surface area contributed by atoms with Crippen LogP contribution in [0.4, 0.5) is 11.4 Å². The molecule has 0 saturated carbocycles. The molecule has 6 heteroatoms. The molecule has 0 fully saturated rings. The average molecular weight is 404 g/mol. The summed E-state index contributed by atoms with van der Waals surface area (Å²) in [5.41, 5.74) is 9.26. The molecule has 3 N–H and O–H groups in total. The Morgan fingerprint density at radius 2 is 1.89 bits per heavy atom. The van der Waals surface area contributed by atoms with E-state index in [4.69, 9.17) is 5.73 Å². The summed E-state index contributed by atoms with van der Waals surface area (Å²) < 4.78 is 1.79. The third-order valence-electron chi connectivity index (χ3n) is 2.73. The van der Waals surface area contributed by atoms with Gasteiger partial charge in [-0.15, -0.1) is 11.3 Å². The SMILES string of the molecule is Cc1cc(NC(=O)c2cc(Br)c(Br)s2)c(C)cc1N. The number of hydrogen-bond donors (Lipinski definition) is 2. The van der Waals surface area contributed by atoms with Crippen LogP contribution in [0.3, 0.4) is 0 Å². The Labute approximate surface area is 132 Å². The quantitative estimate of drug-likeness (QED) is 0.712. The van der Waals surface area contributed by atoms with Crippen molar-refractivity contribution in [3.8, 4) is 0 Å². The van der Waals surface area contributed by atoms with Crippen molar-refractivity contribution in [1.29, 1.82) is 0 Å². The molecule has 1 heterocycles. The Bertz CT molecular complexity index is 633. The number of rotatable bonds is 2. The highest BCUT2D eigenvalue weighted by Gasteiger charge is 2.13. The number of anilines is 2. The Balaban J connectivity index is 2.26. The van der Waals surface area contributed by atoms with Gasteiger partial charge < -0.3 is 11.1 Å². The molecule has 0 bridgehead atoms. The van der Waals surface area contributed by atoms with E-state index in [9.17, 15) is 4.79 Å². The van der Waals surface area contributed by atoms with Crippen molar-refractivity contribution in [3.05, 3.63) is 42.5 Å². The van der Waals surface area contributed by atoms with Crippen molar-refractivity contribution >= 4 is 60.5 Å². The van der Waals surface area contributed by atoms with Crippen molar-refractivity contribution in [3.63, 3.8) is 0 Å². The van der Waals surface area contributed by atoms with Crippen LogP contribution in [-0.4, -0.2) is 5.91 Å². The molecule has 0 aliphatic carbocycles. The van der Waals surface area contributed by atoms with Gasteiger partial charge in [0.05, 0.1) is 8.66 Å². The van der Waals surface area contributed by atoms with Crippen molar-refractivity contribution in [2.24, 2.45) is 0 Å². The van der Waals surface area contributed by atoms with Crippen LogP contribution in [0.2, 0.25) is 0 Å². The normalized spacial score (nSPS) is 10.5. The lowest BCUT2D eigenvalue weighted by Crippen LogP contribution is -2.11. The van der Waals surface area contributed by atoms with Gasteiger partial charge in [-0.25, -0.2) is 0 Å². The Morgan fingerprint density at radius 1 is 1.21 bits per heavy atom. The largest absolute Gasteiger partial charge is 0.399 e. The minimum Gasteiger partial charge on any atom is -0.399 e. The van der Waals surface area contributed by atoms with Crippen LogP contribution >= 0.6 is 43.2 Å². The summed E-state index contributed by atoms with van der Waals surface area (Å²) in [7, 11) is 0. The van der Waals surface area contributed by atoms with Gasteiger partial charge in [0.25, 0.3) is 5.91 Å². The van der Waals surface area contributed by atoms with Gasteiger partial charge in [0, 0.05) is 15.8 Å². The second-order valence-corrected chi connectivity index (χ2v) is 7.43. The monoisotopic (exact) mass is 402 g/mol. The van der Waals surface area contributed by atoms with Gasteiger partial charge in [-0.2, -0.15) is 0 Å². The number of halogens is 2. The van der Waals surface area contributed by atoms with Crippen molar-refractivity contribution < 1.29 is 4.79 Å². The van der Waals surface area contributed by atoms with Crippen LogP contribution < -0.4 is 11.1 Å². The standard InChI is InChI=1S/C13H12Br2N2OS/c1-6-4-10(7(2)3-9(6)16)17-13(18)11-5-8(14)12(15)19-11/h3-5H,16H2,1-2H3,(H,17,18). The summed E-state index contributed by atoms with van der Waals surface area (Å²) >= 11 is 8.14. The molecule has 0 aliphatic rings. The lowest BCUT2D eigenvalue weighted by atomic mass is 10.1. The van der Waals surface area contributed by atoms with E-state index < -0.39 is 0 Å². The number of carbonyl (C=O) groups excluding carboxylic acids is 1. The van der Waals surface area contributed by atoms with E-state index in [2.05, 4.69) is 37.2 Å². The topological polar surface area (TPSA) is 55.1 Å². The predicted molar refractivity (Wildman–Crippen MR) is 88.0 cm³/mol. The maximum absolute atomic E-state index is 12.2. The first-order valence-electron chi connectivity index (χ1n) is 5.51. The number of aryl methyl sites for hydroxylation is 2. The lowest BCUT2D eigenvalue weighted by molar-refractivity contribution is 0.103. The number of nitrogen functional groups attached to an aromatic ring is 1. The summed E-state index contributed by atoms with van der Waals surface area (Å²) in [4.78, 5) is 12.8. The summed E-state index contributed by atoms with van der Waals surface area (Å²) in [6.45, 7) is 3.84. The van der Waals surface area contributed by atoms with Crippen LogP contribution in [-0.2, 0) is 0 Å². The van der Waals surface area contributed by atoms with E-state index in [1.54, 1.807) is 6.07 Å². The van der Waals surface area contributed by atoms with Gasteiger partial charge >= 0.3 is 0 Å². The molecule has 1 aromatic carbocycles.